The highest BCUT2D eigenvalue weighted by Gasteiger charge is 2.27. The van der Waals surface area contributed by atoms with Crippen molar-refractivity contribution in [2.45, 2.75) is 12.5 Å². The van der Waals surface area contributed by atoms with E-state index in [1.54, 1.807) is 7.11 Å². The van der Waals surface area contributed by atoms with Crippen LogP contribution in [0.5, 0.6) is 5.75 Å². The largest absolute Gasteiger partial charge is 0.497 e. The molecule has 1 aromatic heterocycles. The third kappa shape index (κ3) is 4.53. The molecule has 1 aliphatic heterocycles. The summed E-state index contributed by atoms with van der Waals surface area (Å²) in [5.74, 6) is 1.38. The van der Waals surface area contributed by atoms with E-state index in [0.717, 1.165) is 37.5 Å². The lowest BCUT2D eigenvalue weighted by Crippen LogP contribution is -2.29. The monoisotopic (exact) mass is 427 g/mol. The zero-order chi connectivity index (χ0) is 21.8. The lowest BCUT2D eigenvalue weighted by Gasteiger charge is -2.20. The van der Waals surface area contributed by atoms with Gasteiger partial charge in [-0.15, -0.1) is 0 Å². The van der Waals surface area contributed by atoms with E-state index in [0.29, 0.717) is 5.92 Å². The summed E-state index contributed by atoms with van der Waals surface area (Å²) in [6.07, 6.45) is 5.03. The summed E-state index contributed by atoms with van der Waals surface area (Å²) in [6.45, 7) is 2.84. The second kappa shape index (κ2) is 9.53. The molecule has 164 valence electrons. The molecule has 3 aromatic carbocycles. The predicted octanol–water partition coefficient (Wildman–Crippen LogP) is 3.63. The number of rotatable bonds is 8. The van der Waals surface area contributed by atoms with Crippen LogP contribution >= 0.6 is 0 Å². The fourth-order valence-corrected chi connectivity index (χ4v) is 4.38. The van der Waals surface area contributed by atoms with E-state index in [-0.39, 0.29) is 6.04 Å². The van der Waals surface area contributed by atoms with Gasteiger partial charge in [-0.25, -0.2) is 10.1 Å². The number of aromatic nitrogens is 2. The predicted molar refractivity (Wildman–Crippen MR) is 128 cm³/mol. The molecule has 0 amide bonds. The van der Waals surface area contributed by atoms with Crippen LogP contribution in [0.3, 0.4) is 0 Å². The first-order chi connectivity index (χ1) is 15.8. The molecule has 1 aliphatic rings. The van der Waals surface area contributed by atoms with Gasteiger partial charge in [-0.05, 0) is 65.2 Å². The van der Waals surface area contributed by atoms with E-state index in [4.69, 9.17) is 4.74 Å². The van der Waals surface area contributed by atoms with Gasteiger partial charge in [0, 0.05) is 25.2 Å². The highest BCUT2D eigenvalue weighted by atomic mass is 16.5. The molecule has 1 fully saturated rings. The van der Waals surface area contributed by atoms with Crippen LogP contribution in [-0.4, -0.2) is 36.5 Å². The molecule has 2 atom stereocenters. The number of methoxy groups -OCH3 is 1. The van der Waals surface area contributed by atoms with Gasteiger partial charge < -0.3 is 10.1 Å². The average Bonchev–Trinajstić information content (AvgIpc) is 3.51. The van der Waals surface area contributed by atoms with Crippen LogP contribution in [0.4, 0.5) is 0 Å². The maximum atomic E-state index is 5.34. The number of benzene rings is 3. The third-order valence-electron chi connectivity index (χ3n) is 6.18. The maximum Gasteiger partial charge on any atom is 0.119 e. The minimum absolute atomic E-state index is 0.287. The van der Waals surface area contributed by atoms with Crippen molar-refractivity contribution in [1.29, 1.82) is 0 Å². The van der Waals surface area contributed by atoms with Crippen molar-refractivity contribution < 1.29 is 4.74 Å². The summed E-state index contributed by atoms with van der Waals surface area (Å²) in [6, 6.07) is 23.4. The van der Waals surface area contributed by atoms with Gasteiger partial charge >= 0.3 is 0 Å². The first kappa shape index (κ1) is 20.7. The average molecular weight is 428 g/mol. The van der Waals surface area contributed by atoms with Crippen LogP contribution in [0.2, 0.25) is 0 Å². The summed E-state index contributed by atoms with van der Waals surface area (Å²) in [5.41, 5.74) is 10.4. The molecule has 0 spiro atoms. The first-order valence-corrected chi connectivity index (χ1v) is 11.2. The van der Waals surface area contributed by atoms with E-state index in [9.17, 15) is 0 Å². The molecule has 1 saturated heterocycles. The van der Waals surface area contributed by atoms with Crippen molar-refractivity contribution in [3.63, 3.8) is 0 Å². The molecule has 6 nitrogen and oxygen atoms in total. The van der Waals surface area contributed by atoms with E-state index in [2.05, 4.69) is 69.9 Å². The Bertz CT molecular complexity index is 1170. The molecule has 0 aliphatic carbocycles. The fourth-order valence-electron chi connectivity index (χ4n) is 4.38. The molecule has 32 heavy (non-hydrogen) atoms. The molecule has 3 N–H and O–H groups in total. The lowest BCUT2D eigenvalue weighted by molar-refractivity contribution is 0.415. The van der Waals surface area contributed by atoms with Crippen molar-refractivity contribution in [2.75, 3.05) is 26.7 Å². The van der Waals surface area contributed by atoms with Crippen molar-refractivity contribution in [3.05, 3.63) is 90.3 Å². The van der Waals surface area contributed by atoms with Crippen molar-refractivity contribution >= 4 is 10.8 Å². The van der Waals surface area contributed by atoms with Gasteiger partial charge in [0.25, 0.3) is 0 Å². The smallest absolute Gasteiger partial charge is 0.119 e. The summed E-state index contributed by atoms with van der Waals surface area (Å²) in [5, 5.41) is 10.6. The summed E-state index contributed by atoms with van der Waals surface area (Å²) >= 11 is 0. The lowest BCUT2D eigenvalue weighted by atomic mass is 9.93. The topological polar surface area (TPSA) is 63.1 Å². The second-order valence-corrected chi connectivity index (χ2v) is 8.32. The molecular formula is C26H29N5O. The zero-order valence-electron chi connectivity index (χ0n) is 18.3. The standard InChI is InChI=1S/C26H29N5O/c1-32-25-10-9-20-13-22(8-7-21(20)14-25)26-23(17-28-30-26)16-27-12-11-19-15-29-31(18-19)24-5-3-2-4-6-24/h2-10,13-15,18,23,26-28,30H,11-12,16-17H2,1H3. The second-order valence-electron chi connectivity index (χ2n) is 8.32. The first-order valence-electron chi connectivity index (χ1n) is 11.2. The zero-order valence-corrected chi connectivity index (χ0v) is 18.3. The van der Waals surface area contributed by atoms with Crippen molar-refractivity contribution in [2.24, 2.45) is 5.92 Å². The molecule has 4 aromatic rings. The van der Waals surface area contributed by atoms with E-state index < -0.39 is 0 Å². The highest BCUT2D eigenvalue weighted by Crippen LogP contribution is 2.29. The van der Waals surface area contributed by atoms with Crippen LogP contribution in [0.25, 0.3) is 16.5 Å². The number of nitrogens with zero attached hydrogens (tertiary/aromatic N) is 2. The summed E-state index contributed by atoms with van der Waals surface area (Å²) in [4.78, 5) is 0. The Morgan fingerprint density at radius 1 is 1.06 bits per heavy atom. The minimum Gasteiger partial charge on any atom is -0.497 e. The van der Waals surface area contributed by atoms with Crippen LogP contribution in [0, 0.1) is 5.92 Å². The van der Waals surface area contributed by atoms with Crippen molar-refractivity contribution in [3.8, 4) is 11.4 Å². The van der Waals surface area contributed by atoms with Gasteiger partial charge in [0.1, 0.15) is 5.75 Å². The highest BCUT2D eigenvalue weighted by molar-refractivity contribution is 5.84. The molecule has 2 unspecified atom stereocenters. The van der Waals surface area contributed by atoms with Crippen LogP contribution in [-0.2, 0) is 6.42 Å². The van der Waals surface area contributed by atoms with E-state index in [1.807, 2.05) is 35.1 Å². The quantitative estimate of drug-likeness (QED) is 0.375. The Balaban J connectivity index is 1.16. The molecule has 2 heterocycles. The Hall–Kier alpha value is -3.19. The third-order valence-corrected chi connectivity index (χ3v) is 6.18. The molecule has 5 rings (SSSR count). The number of hydrogen-bond acceptors (Lipinski definition) is 5. The number of para-hydroxylation sites is 1. The minimum atomic E-state index is 0.287. The molecule has 0 bridgehead atoms. The van der Waals surface area contributed by atoms with Crippen LogP contribution in [0.1, 0.15) is 17.2 Å². The number of hydrazine groups is 1. The normalized spacial score (nSPS) is 18.3. The van der Waals surface area contributed by atoms with E-state index >= 15 is 0 Å². The maximum absolute atomic E-state index is 5.34. The Kier molecular flexibility index (Phi) is 6.16. The Morgan fingerprint density at radius 2 is 1.91 bits per heavy atom. The van der Waals surface area contributed by atoms with Gasteiger partial charge in [-0.1, -0.05) is 36.4 Å². The van der Waals surface area contributed by atoms with Gasteiger partial charge in [0.15, 0.2) is 0 Å². The number of ether oxygens (including phenoxy) is 1. The molecular weight excluding hydrogens is 398 g/mol. The molecule has 0 saturated carbocycles. The number of fused-ring (bicyclic) bond motifs is 1. The van der Waals surface area contributed by atoms with Crippen molar-refractivity contribution in [1.82, 2.24) is 25.9 Å². The number of hydrogen-bond donors (Lipinski definition) is 3. The molecule has 0 radical (unpaired) electrons. The molecule has 6 heteroatoms. The Labute approximate surface area is 188 Å². The summed E-state index contributed by atoms with van der Waals surface area (Å²) in [7, 11) is 1.70. The van der Waals surface area contributed by atoms with Crippen LogP contribution in [0.15, 0.2) is 79.1 Å². The van der Waals surface area contributed by atoms with Gasteiger partial charge in [-0.2, -0.15) is 5.10 Å². The van der Waals surface area contributed by atoms with Gasteiger partial charge in [0.2, 0.25) is 0 Å². The number of nitrogens with one attached hydrogen (secondary N) is 3. The van der Waals surface area contributed by atoms with Gasteiger partial charge in [-0.3, -0.25) is 5.43 Å². The Morgan fingerprint density at radius 3 is 2.78 bits per heavy atom. The van der Waals surface area contributed by atoms with E-state index in [1.165, 1.54) is 21.9 Å². The summed E-state index contributed by atoms with van der Waals surface area (Å²) < 4.78 is 7.28. The fraction of sp³-hybridized carbons (Fsp3) is 0.269. The van der Waals surface area contributed by atoms with Gasteiger partial charge in [0.05, 0.1) is 25.0 Å². The SMILES string of the molecule is COc1ccc2cc(C3NNCC3CNCCc3cnn(-c4ccccc4)c3)ccc2c1. The van der Waals surface area contributed by atoms with Crippen LogP contribution < -0.4 is 20.9 Å².